The molecule has 0 atom stereocenters. The van der Waals surface area contributed by atoms with Crippen LogP contribution >= 0.6 is 17.5 Å². The van der Waals surface area contributed by atoms with Crippen LogP contribution in [0.5, 0.6) is 5.75 Å². The van der Waals surface area contributed by atoms with E-state index in [1.165, 1.54) is 106 Å². The molecule has 0 aliphatic heterocycles. The van der Waals surface area contributed by atoms with Gasteiger partial charge in [0.15, 0.2) is 0 Å². The number of hydrogen-bond acceptors (Lipinski definition) is 2. The van der Waals surface area contributed by atoms with Crippen molar-refractivity contribution in [2.75, 3.05) is 13.2 Å². The van der Waals surface area contributed by atoms with Crippen molar-refractivity contribution in [3.63, 3.8) is 0 Å². The van der Waals surface area contributed by atoms with Crippen LogP contribution in [0.25, 0.3) is 0 Å². The SMILES string of the molecule is C=CCOc1c[c-]c(C=NCCCCCCCCCCCCCCCC)cc1.[Cl][Pd+].c1ccc(P(c2ccccc2)c2ccccc2)cc1. The standard InChI is InChI=1S/C26H42NO.C18H15P.ClH.Pd/c1-3-5-6-7-8-9-10-11-12-13-14-15-16-17-22-27-24-25-18-20-26(21-19-25)28-23-4-2;1-4-10-16(11-5-1)19(17-12-6-2-7-13-17)18-14-8-3-9-15-18;;/h4,18,20-21,24H,2-3,5-17,22-23H2,1H3;1-15H;1H;/q-1;;;+2/p-1. The van der Waals surface area contributed by atoms with Gasteiger partial charge in [-0.1, -0.05) is 200 Å². The number of benzene rings is 4. The van der Waals surface area contributed by atoms with Gasteiger partial charge in [-0.05, 0) is 30.3 Å². The van der Waals surface area contributed by atoms with Gasteiger partial charge in [-0.2, -0.15) is 0 Å². The van der Waals surface area contributed by atoms with Crippen molar-refractivity contribution >= 4 is 39.6 Å². The monoisotopic (exact) mass is 787 g/mol. The second-order valence-electron chi connectivity index (χ2n) is 12.1. The summed E-state index contributed by atoms with van der Waals surface area (Å²) in [5.41, 5.74) is 1.01. The Hall–Kier alpha value is -2.53. The summed E-state index contributed by atoms with van der Waals surface area (Å²) < 4.78 is 5.45. The normalized spacial score (nSPS) is 10.6. The van der Waals surface area contributed by atoms with Gasteiger partial charge < -0.3 is 9.73 Å². The third kappa shape index (κ3) is 20.0. The molecule has 0 saturated carbocycles. The second kappa shape index (κ2) is 30.3. The van der Waals surface area contributed by atoms with Crippen molar-refractivity contribution in [1.29, 1.82) is 0 Å². The molecule has 0 amide bonds. The summed E-state index contributed by atoms with van der Waals surface area (Å²) in [7, 11) is 4.04. The Morgan fingerprint density at radius 1 is 0.633 bits per heavy atom. The third-order valence-corrected chi connectivity index (χ3v) is 10.5. The fourth-order valence-corrected chi connectivity index (χ4v) is 7.79. The van der Waals surface area contributed by atoms with E-state index in [2.05, 4.69) is 143 Å². The summed E-state index contributed by atoms with van der Waals surface area (Å²) in [5, 5.41) is 4.19. The molecule has 0 N–H and O–H groups in total. The zero-order chi connectivity index (χ0) is 35.0. The molecule has 5 heteroatoms. The predicted molar refractivity (Wildman–Crippen MR) is 215 cm³/mol. The van der Waals surface area contributed by atoms with Crippen LogP contribution in [0.2, 0.25) is 0 Å². The summed E-state index contributed by atoms with van der Waals surface area (Å²) in [5.74, 6) is 0.823. The Morgan fingerprint density at radius 2 is 1.06 bits per heavy atom. The zero-order valence-corrected chi connectivity index (χ0v) is 32.8. The number of rotatable bonds is 22. The Kier molecular flexibility index (Phi) is 26.4. The van der Waals surface area contributed by atoms with Gasteiger partial charge in [0.25, 0.3) is 0 Å². The number of ether oxygens (including phenoxy) is 1. The molecule has 0 fully saturated rings. The molecule has 0 heterocycles. The molecule has 0 spiro atoms. The predicted octanol–water partition coefficient (Wildman–Crippen LogP) is 12.1. The van der Waals surface area contributed by atoms with Crippen LogP contribution in [-0.2, 0) is 18.2 Å². The third-order valence-electron chi connectivity index (χ3n) is 8.09. The van der Waals surface area contributed by atoms with E-state index in [-0.39, 0.29) is 0 Å². The van der Waals surface area contributed by atoms with E-state index in [1.807, 2.05) is 24.4 Å². The molecule has 0 unspecified atom stereocenters. The van der Waals surface area contributed by atoms with Crippen LogP contribution in [0, 0.1) is 6.07 Å². The maximum atomic E-state index is 5.45. The minimum Gasteiger partial charge on any atom is -0.0622 e. The molecule has 0 radical (unpaired) electrons. The number of unbranched alkanes of at least 4 members (excludes halogenated alkanes) is 13. The fourth-order valence-electron chi connectivity index (χ4n) is 5.49. The molecule has 4 aromatic carbocycles. The topological polar surface area (TPSA) is 21.6 Å². The van der Waals surface area contributed by atoms with Gasteiger partial charge in [0.1, 0.15) is 0 Å². The average Bonchev–Trinajstić information content (AvgIpc) is 3.17. The van der Waals surface area contributed by atoms with Crippen LogP contribution in [0.3, 0.4) is 0 Å². The molecule has 2 nitrogen and oxygen atoms in total. The molecule has 0 bridgehead atoms. The number of hydrogen-bond donors (Lipinski definition) is 0. The Balaban J connectivity index is 0.000000342. The number of aliphatic imine (C=N–C) groups is 1. The average molecular weight is 789 g/mol. The van der Waals surface area contributed by atoms with Gasteiger partial charge in [-0.25, -0.2) is 0 Å². The molecule has 0 aliphatic carbocycles. The van der Waals surface area contributed by atoms with E-state index in [4.69, 9.17) is 4.74 Å². The van der Waals surface area contributed by atoms with Crippen molar-refractivity contribution in [2.24, 2.45) is 4.99 Å². The molecular formula is C44H57ClNOPPd. The maximum absolute atomic E-state index is 5.45. The van der Waals surface area contributed by atoms with Crippen molar-refractivity contribution in [1.82, 2.24) is 0 Å². The smallest absolute Gasteiger partial charge is 0.0134 e. The van der Waals surface area contributed by atoms with Gasteiger partial charge in [0, 0.05) is 12.3 Å². The van der Waals surface area contributed by atoms with Crippen molar-refractivity contribution in [3.05, 3.63) is 133 Å². The maximum Gasteiger partial charge on any atom is -0.0134 e. The van der Waals surface area contributed by atoms with Crippen LogP contribution in [-0.4, -0.2) is 19.4 Å². The Labute approximate surface area is 315 Å². The minimum atomic E-state index is -0.446. The number of halogens is 1. The minimum absolute atomic E-state index is 0.446. The van der Waals surface area contributed by atoms with Crippen LogP contribution in [0.1, 0.15) is 102 Å². The largest absolute Gasteiger partial charge is 0.0622 e. The molecule has 0 saturated heterocycles. The first-order valence-electron chi connectivity index (χ1n) is 18.1. The molecule has 4 rings (SSSR count). The van der Waals surface area contributed by atoms with Gasteiger partial charge in [-0.3, -0.25) is 0 Å². The molecule has 266 valence electrons. The van der Waals surface area contributed by atoms with E-state index in [0.29, 0.717) is 6.61 Å². The summed E-state index contributed by atoms with van der Waals surface area (Å²) in [6.45, 7) is 7.37. The first-order chi connectivity index (χ1) is 24.3. The van der Waals surface area contributed by atoms with Crippen molar-refractivity contribution in [2.45, 2.75) is 96.8 Å². The quantitative estimate of drug-likeness (QED) is 0.0194. The van der Waals surface area contributed by atoms with Crippen LogP contribution in [0.4, 0.5) is 0 Å². The van der Waals surface area contributed by atoms with E-state index >= 15 is 0 Å². The summed E-state index contributed by atoms with van der Waals surface area (Å²) in [6, 6.07) is 41.3. The van der Waals surface area contributed by atoms with Crippen molar-refractivity contribution < 1.29 is 22.9 Å². The van der Waals surface area contributed by atoms with Gasteiger partial charge in [0.2, 0.25) is 0 Å². The second-order valence-corrected chi connectivity index (χ2v) is 14.3. The van der Waals surface area contributed by atoms with Gasteiger partial charge in [0.05, 0.1) is 6.61 Å². The molecule has 0 aliphatic rings. The Morgan fingerprint density at radius 3 is 1.45 bits per heavy atom. The van der Waals surface area contributed by atoms with Crippen molar-refractivity contribution in [3.8, 4) is 5.75 Å². The van der Waals surface area contributed by atoms with Crippen LogP contribution in [0.15, 0.2) is 127 Å². The zero-order valence-electron chi connectivity index (χ0n) is 29.6. The first kappa shape index (κ1) is 42.6. The van der Waals surface area contributed by atoms with Crippen LogP contribution < -0.4 is 20.7 Å². The molecule has 0 aromatic heterocycles. The van der Waals surface area contributed by atoms with E-state index < -0.39 is 7.92 Å². The van der Waals surface area contributed by atoms with E-state index in [9.17, 15) is 0 Å². The summed E-state index contributed by atoms with van der Waals surface area (Å²) in [6.07, 6.45) is 23.2. The first-order valence-corrected chi connectivity index (χ1v) is 21.5. The van der Waals surface area contributed by atoms with Gasteiger partial charge in [-0.15, -0.1) is 29.8 Å². The van der Waals surface area contributed by atoms with Gasteiger partial charge >= 0.3 is 27.7 Å². The fraction of sp³-hybridized carbons (Fsp3) is 0.386. The molecule has 49 heavy (non-hydrogen) atoms. The molecular weight excluding hydrogens is 731 g/mol. The number of nitrogens with zero attached hydrogens (tertiary/aromatic N) is 1. The van der Waals surface area contributed by atoms with E-state index in [1.54, 1.807) is 6.08 Å². The summed E-state index contributed by atoms with van der Waals surface area (Å²) >= 11 is 2.22. The summed E-state index contributed by atoms with van der Waals surface area (Å²) in [4.78, 5) is 4.51. The van der Waals surface area contributed by atoms with E-state index in [0.717, 1.165) is 17.9 Å². The Bertz CT molecular complexity index is 1240. The molecule has 4 aromatic rings.